The molecule has 20 heavy (non-hydrogen) atoms. The summed E-state index contributed by atoms with van der Waals surface area (Å²) in [6, 6.07) is 3.78. The minimum Gasteiger partial charge on any atom is -0.326 e. The molecule has 1 N–H and O–H groups in total. The van der Waals surface area contributed by atoms with Gasteiger partial charge in [-0.1, -0.05) is 11.6 Å². The first-order valence-electron chi connectivity index (χ1n) is 7.73. The summed E-state index contributed by atoms with van der Waals surface area (Å²) in [7, 11) is 2.25. The van der Waals surface area contributed by atoms with Gasteiger partial charge in [-0.2, -0.15) is 0 Å². The van der Waals surface area contributed by atoms with Crippen LogP contribution in [0.1, 0.15) is 37.4 Å². The van der Waals surface area contributed by atoms with Crippen LogP contribution in [0.25, 0.3) is 0 Å². The minimum absolute atomic E-state index is 0.0308. The van der Waals surface area contributed by atoms with Gasteiger partial charge in [-0.15, -0.1) is 0 Å². The van der Waals surface area contributed by atoms with Gasteiger partial charge < -0.3 is 4.98 Å². The predicted octanol–water partition coefficient (Wildman–Crippen LogP) is 2.43. The highest BCUT2D eigenvalue weighted by atomic mass is 16.1. The lowest BCUT2D eigenvalue weighted by Crippen LogP contribution is -2.58. The SMILES string of the molecule is CC1=C[C@@]23c4ccc(=O)[nH]c4CC(C1)[C@H]2CCCN3C. The Balaban J connectivity index is 2.01. The molecular weight excluding hydrogens is 248 g/mol. The molecule has 0 saturated carbocycles. The summed E-state index contributed by atoms with van der Waals surface area (Å²) in [5.74, 6) is 1.40. The first kappa shape index (κ1) is 12.4. The molecular formula is C17H22N2O. The van der Waals surface area contributed by atoms with Crippen molar-refractivity contribution in [3.05, 3.63) is 45.4 Å². The van der Waals surface area contributed by atoms with E-state index in [4.69, 9.17) is 0 Å². The number of hydrogen-bond donors (Lipinski definition) is 1. The number of fused-ring (bicyclic) bond motifs is 1. The number of hydrogen-bond acceptors (Lipinski definition) is 2. The molecule has 3 atom stereocenters. The van der Waals surface area contributed by atoms with Gasteiger partial charge in [0.15, 0.2) is 0 Å². The summed E-state index contributed by atoms with van der Waals surface area (Å²) < 4.78 is 0. The van der Waals surface area contributed by atoms with Crippen molar-refractivity contribution in [1.82, 2.24) is 9.88 Å². The Kier molecular flexibility index (Phi) is 2.53. The Morgan fingerprint density at radius 1 is 1.35 bits per heavy atom. The van der Waals surface area contributed by atoms with Gasteiger partial charge in [0.25, 0.3) is 0 Å². The van der Waals surface area contributed by atoms with E-state index in [9.17, 15) is 4.79 Å². The van der Waals surface area contributed by atoms with Crippen LogP contribution in [0.4, 0.5) is 0 Å². The molecule has 1 aromatic heterocycles. The topological polar surface area (TPSA) is 36.1 Å². The van der Waals surface area contributed by atoms with E-state index < -0.39 is 0 Å². The summed E-state index contributed by atoms with van der Waals surface area (Å²) in [5.41, 5.74) is 4.10. The van der Waals surface area contributed by atoms with Crippen LogP contribution in [-0.4, -0.2) is 23.5 Å². The van der Waals surface area contributed by atoms with Crippen molar-refractivity contribution in [2.75, 3.05) is 13.6 Å². The third-order valence-corrected chi connectivity index (χ3v) is 5.72. The number of pyridine rings is 1. The first-order chi connectivity index (χ1) is 9.61. The molecule has 0 radical (unpaired) electrons. The molecule has 0 spiro atoms. The normalized spacial score (nSPS) is 36.0. The van der Waals surface area contributed by atoms with Crippen molar-refractivity contribution in [2.45, 2.75) is 38.1 Å². The maximum Gasteiger partial charge on any atom is 0.248 e. The van der Waals surface area contributed by atoms with Gasteiger partial charge in [-0.25, -0.2) is 0 Å². The molecule has 0 aromatic carbocycles. The highest BCUT2D eigenvalue weighted by molar-refractivity contribution is 5.42. The molecule has 3 heteroatoms. The van der Waals surface area contributed by atoms with Gasteiger partial charge in [0.1, 0.15) is 0 Å². The zero-order chi connectivity index (χ0) is 13.9. The van der Waals surface area contributed by atoms with Gasteiger partial charge in [-0.05, 0) is 69.7 Å². The number of rotatable bonds is 0. The third-order valence-electron chi connectivity index (χ3n) is 5.72. The minimum atomic E-state index is 0.0308. The molecule has 1 aliphatic heterocycles. The average molecular weight is 270 g/mol. The number of H-pyrrole nitrogens is 1. The second-order valence-corrected chi connectivity index (χ2v) is 6.87. The highest BCUT2D eigenvalue weighted by Crippen LogP contribution is 2.55. The highest BCUT2D eigenvalue weighted by Gasteiger charge is 2.53. The largest absolute Gasteiger partial charge is 0.326 e. The van der Waals surface area contributed by atoms with Crippen molar-refractivity contribution in [1.29, 1.82) is 0 Å². The number of likely N-dealkylation sites (N-methyl/N-ethyl adjacent to an activating group) is 1. The number of nitrogens with one attached hydrogen (secondary N) is 1. The van der Waals surface area contributed by atoms with Gasteiger partial charge in [0, 0.05) is 11.8 Å². The molecule has 1 aromatic rings. The van der Waals surface area contributed by atoms with Crippen LogP contribution in [0.2, 0.25) is 0 Å². The molecule has 3 nitrogen and oxygen atoms in total. The number of aromatic nitrogens is 1. The fourth-order valence-corrected chi connectivity index (χ4v) is 5.05. The second-order valence-electron chi connectivity index (χ2n) is 6.87. The lowest BCUT2D eigenvalue weighted by Gasteiger charge is -2.57. The fraction of sp³-hybridized carbons (Fsp3) is 0.588. The third kappa shape index (κ3) is 1.47. The molecule has 2 aliphatic carbocycles. The lowest BCUT2D eigenvalue weighted by atomic mass is 9.57. The molecule has 1 fully saturated rings. The van der Waals surface area contributed by atoms with Crippen LogP contribution in [-0.2, 0) is 12.0 Å². The summed E-state index contributed by atoms with van der Waals surface area (Å²) in [5, 5.41) is 0. The molecule has 3 aliphatic rings. The van der Waals surface area contributed by atoms with E-state index in [2.05, 4.69) is 36.0 Å². The van der Waals surface area contributed by atoms with Crippen LogP contribution >= 0.6 is 0 Å². The van der Waals surface area contributed by atoms with Crippen LogP contribution in [0, 0.1) is 11.8 Å². The van der Waals surface area contributed by atoms with E-state index >= 15 is 0 Å². The number of nitrogens with zero attached hydrogens (tertiary/aromatic N) is 1. The first-order valence-corrected chi connectivity index (χ1v) is 7.73. The second kappa shape index (κ2) is 4.08. The van der Waals surface area contributed by atoms with Crippen molar-refractivity contribution in [3.63, 3.8) is 0 Å². The Morgan fingerprint density at radius 2 is 2.20 bits per heavy atom. The van der Waals surface area contributed by atoms with E-state index in [0.29, 0.717) is 11.8 Å². The Labute approximate surface area is 119 Å². The van der Waals surface area contributed by atoms with Gasteiger partial charge >= 0.3 is 0 Å². The number of piperidine rings is 1. The average Bonchev–Trinajstić information content (AvgIpc) is 2.39. The van der Waals surface area contributed by atoms with Crippen LogP contribution in [0.3, 0.4) is 0 Å². The zero-order valence-electron chi connectivity index (χ0n) is 12.3. The van der Waals surface area contributed by atoms with Crippen LogP contribution in [0.15, 0.2) is 28.6 Å². The monoisotopic (exact) mass is 270 g/mol. The van der Waals surface area contributed by atoms with E-state index in [1.165, 1.54) is 36.1 Å². The van der Waals surface area contributed by atoms with Gasteiger partial charge in [0.05, 0.1) is 5.54 Å². The molecule has 2 bridgehead atoms. The Morgan fingerprint density at radius 3 is 3.05 bits per heavy atom. The van der Waals surface area contributed by atoms with Crippen LogP contribution in [0.5, 0.6) is 0 Å². The van der Waals surface area contributed by atoms with Gasteiger partial charge in [-0.3, -0.25) is 9.69 Å². The standard InChI is InChI=1S/C17H22N2O/c1-11-8-12-9-15-14(5-6-16(20)18-15)17(10-11)13(12)4-3-7-19(17)2/h5-6,10,12-13H,3-4,7-9H2,1-2H3,(H,18,20)/t12?,13-,17+/m1/s1. The number of allylic oxidation sites excluding steroid dienone is 1. The molecule has 4 rings (SSSR count). The Bertz CT molecular complexity index is 645. The summed E-state index contributed by atoms with van der Waals surface area (Å²) in [4.78, 5) is 17.3. The Hall–Kier alpha value is -1.35. The molecule has 1 saturated heterocycles. The van der Waals surface area contributed by atoms with E-state index in [1.54, 1.807) is 6.07 Å². The van der Waals surface area contributed by atoms with Crippen molar-refractivity contribution in [3.8, 4) is 0 Å². The van der Waals surface area contributed by atoms with Gasteiger partial charge in [0.2, 0.25) is 5.56 Å². The van der Waals surface area contributed by atoms with Crippen LogP contribution < -0.4 is 5.56 Å². The number of likely N-dealkylation sites (tertiary alicyclic amines) is 1. The predicted molar refractivity (Wildman–Crippen MR) is 79.7 cm³/mol. The van der Waals surface area contributed by atoms with E-state index in [-0.39, 0.29) is 11.1 Å². The summed E-state index contributed by atoms with van der Waals surface area (Å²) in [6.07, 6.45) is 7.33. The van der Waals surface area contributed by atoms with Crippen molar-refractivity contribution in [2.24, 2.45) is 11.8 Å². The summed E-state index contributed by atoms with van der Waals surface area (Å²) in [6.45, 7) is 3.41. The van der Waals surface area contributed by atoms with E-state index in [0.717, 1.165) is 13.0 Å². The molecule has 2 heterocycles. The lowest BCUT2D eigenvalue weighted by molar-refractivity contribution is -0.00272. The molecule has 1 unspecified atom stereocenters. The quantitative estimate of drug-likeness (QED) is 0.735. The van der Waals surface area contributed by atoms with E-state index in [1.807, 2.05) is 0 Å². The zero-order valence-corrected chi connectivity index (χ0v) is 12.3. The smallest absolute Gasteiger partial charge is 0.248 e. The van der Waals surface area contributed by atoms with Crippen molar-refractivity contribution >= 4 is 0 Å². The maximum atomic E-state index is 11.7. The fourth-order valence-electron chi connectivity index (χ4n) is 5.05. The molecule has 106 valence electrons. The van der Waals surface area contributed by atoms with Crippen molar-refractivity contribution < 1.29 is 0 Å². The maximum absolute atomic E-state index is 11.7. The number of aromatic amines is 1. The molecule has 0 amide bonds. The summed E-state index contributed by atoms with van der Waals surface area (Å²) >= 11 is 0.